The van der Waals surface area contributed by atoms with Gasteiger partial charge in [-0.15, -0.1) is 0 Å². The summed E-state index contributed by atoms with van der Waals surface area (Å²) in [6, 6.07) is 10.0. The van der Waals surface area contributed by atoms with E-state index in [4.69, 9.17) is 9.47 Å². The highest BCUT2D eigenvalue weighted by Gasteiger charge is 2.15. The molecule has 1 N–H and O–H groups in total. The summed E-state index contributed by atoms with van der Waals surface area (Å²) >= 11 is 0. The van der Waals surface area contributed by atoms with Gasteiger partial charge in [-0.3, -0.25) is 0 Å². The maximum absolute atomic E-state index is 5.93. The molecule has 1 fully saturated rings. The summed E-state index contributed by atoms with van der Waals surface area (Å²) in [6.45, 7) is 4.89. The molecule has 0 aromatic heterocycles. The third-order valence-corrected chi connectivity index (χ3v) is 3.27. The first-order valence-electron chi connectivity index (χ1n) is 6.92. The zero-order valence-electron chi connectivity index (χ0n) is 11.1. The normalized spacial score (nSPS) is 20.8. The van der Waals surface area contributed by atoms with Crippen molar-refractivity contribution in [2.45, 2.75) is 38.4 Å². The third kappa shape index (κ3) is 4.31. The number of ether oxygens (including phenoxy) is 2. The van der Waals surface area contributed by atoms with Gasteiger partial charge in [-0.25, -0.2) is 0 Å². The minimum atomic E-state index is 0.230. The van der Waals surface area contributed by atoms with Crippen molar-refractivity contribution in [2.24, 2.45) is 0 Å². The van der Waals surface area contributed by atoms with E-state index < -0.39 is 0 Å². The second kappa shape index (κ2) is 7.39. The van der Waals surface area contributed by atoms with Gasteiger partial charge in [0.25, 0.3) is 0 Å². The molecule has 3 heteroatoms. The zero-order valence-corrected chi connectivity index (χ0v) is 11.1. The lowest BCUT2D eigenvalue weighted by molar-refractivity contribution is 0.105. The molecule has 100 valence electrons. The Hall–Kier alpha value is -1.06. The Kier molecular flexibility index (Phi) is 5.49. The van der Waals surface area contributed by atoms with Crippen LogP contribution in [-0.2, 0) is 4.74 Å². The van der Waals surface area contributed by atoms with Gasteiger partial charge in [0, 0.05) is 19.7 Å². The Morgan fingerprint density at radius 3 is 2.89 bits per heavy atom. The lowest BCUT2D eigenvalue weighted by atomic mass is 10.2. The first kappa shape index (κ1) is 13.4. The van der Waals surface area contributed by atoms with E-state index in [0.29, 0.717) is 6.10 Å². The number of hydrogen-bond acceptors (Lipinski definition) is 3. The van der Waals surface area contributed by atoms with E-state index in [1.165, 1.54) is 12.8 Å². The summed E-state index contributed by atoms with van der Waals surface area (Å²) in [7, 11) is 0. The van der Waals surface area contributed by atoms with Crippen molar-refractivity contribution in [3.8, 4) is 5.75 Å². The maximum atomic E-state index is 5.93. The Labute approximate surface area is 109 Å². The van der Waals surface area contributed by atoms with Crippen LogP contribution in [0.1, 0.15) is 26.2 Å². The number of para-hydroxylation sites is 1. The summed E-state index contributed by atoms with van der Waals surface area (Å²) in [5, 5.41) is 3.45. The Balaban J connectivity index is 1.68. The fourth-order valence-corrected chi connectivity index (χ4v) is 2.17. The molecule has 1 heterocycles. The van der Waals surface area contributed by atoms with Crippen LogP contribution in [0.25, 0.3) is 0 Å². The van der Waals surface area contributed by atoms with Crippen molar-refractivity contribution in [1.82, 2.24) is 5.32 Å². The van der Waals surface area contributed by atoms with E-state index in [1.807, 2.05) is 30.3 Å². The van der Waals surface area contributed by atoms with Gasteiger partial charge < -0.3 is 14.8 Å². The van der Waals surface area contributed by atoms with Gasteiger partial charge >= 0.3 is 0 Å². The average molecular weight is 249 g/mol. The molecule has 2 rings (SSSR count). The first-order chi connectivity index (χ1) is 8.88. The SMILES string of the molecule is CCC(CNCC1CCCO1)Oc1ccccc1. The van der Waals surface area contributed by atoms with E-state index >= 15 is 0 Å². The van der Waals surface area contributed by atoms with Gasteiger partial charge in [0.15, 0.2) is 0 Å². The van der Waals surface area contributed by atoms with Gasteiger partial charge in [0.2, 0.25) is 0 Å². The average Bonchev–Trinajstić information content (AvgIpc) is 2.92. The van der Waals surface area contributed by atoms with E-state index in [0.717, 1.165) is 31.9 Å². The molecule has 1 aromatic carbocycles. The molecular weight excluding hydrogens is 226 g/mol. The molecular formula is C15H23NO2. The van der Waals surface area contributed by atoms with Gasteiger partial charge in [-0.2, -0.15) is 0 Å². The van der Waals surface area contributed by atoms with E-state index in [2.05, 4.69) is 12.2 Å². The largest absolute Gasteiger partial charge is 0.489 e. The highest BCUT2D eigenvalue weighted by atomic mass is 16.5. The molecule has 0 radical (unpaired) electrons. The van der Waals surface area contributed by atoms with E-state index in [1.54, 1.807) is 0 Å². The number of rotatable bonds is 7. The lowest BCUT2D eigenvalue weighted by Gasteiger charge is -2.19. The van der Waals surface area contributed by atoms with Crippen molar-refractivity contribution in [1.29, 1.82) is 0 Å². The third-order valence-electron chi connectivity index (χ3n) is 3.27. The summed E-state index contributed by atoms with van der Waals surface area (Å²) < 4.78 is 11.5. The molecule has 1 aliphatic heterocycles. The Bertz CT molecular complexity index is 323. The van der Waals surface area contributed by atoms with Gasteiger partial charge in [0.1, 0.15) is 11.9 Å². The highest BCUT2D eigenvalue weighted by molar-refractivity contribution is 5.21. The molecule has 3 nitrogen and oxygen atoms in total. The molecule has 2 atom stereocenters. The van der Waals surface area contributed by atoms with Crippen LogP contribution in [0.3, 0.4) is 0 Å². The molecule has 1 aliphatic rings. The second-order valence-corrected chi connectivity index (χ2v) is 4.75. The molecule has 0 saturated carbocycles. The van der Waals surface area contributed by atoms with E-state index in [-0.39, 0.29) is 6.10 Å². The molecule has 0 aliphatic carbocycles. The molecule has 0 bridgehead atoms. The van der Waals surface area contributed by atoms with E-state index in [9.17, 15) is 0 Å². The van der Waals surface area contributed by atoms with Crippen LogP contribution >= 0.6 is 0 Å². The molecule has 2 unspecified atom stereocenters. The maximum Gasteiger partial charge on any atom is 0.119 e. The van der Waals surface area contributed by atoms with Crippen molar-refractivity contribution < 1.29 is 9.47 Å². The summed E-state index contributed by atoms with van der Waals surface area (Å²) in [4.78, 5) is 0. The van der Waals surface area contributed by atoms with Crippen molar-refractivity contribution >= 4 is 0 Å². The first-order valence-corrected chi connectivity index (χ1v) is 6.92. The van der Waals surface area contributed by atoms with Gasteiger partial charge in [0.05, 0.1) is 6.10 Å². The minimum Gasteiger partial charge on any atom is -0.489 e. The number of benzene rings is 1. The predicted octanol–water partition coefficient (Wildman–Crippen LogP) is 2.61. The topological polar surface area (TPSA) is 30.5 Å². The van der Waals surface area contributed by atoms with Crippen LogP contribution in [0, 0.1) is 0 Å². The quantitative estimate of drug-likeness (QED) is 0.805. The van der Waals surface area contributed by atoms with Crippen LogP contribution in [0.2, 0.25) is 0 Å². The minimum absolute atomic E-state index is 0.230. The van der Waals surface area contributed by atoms with Crippen LogP contribution in [0.5, 0.6) is 5.75 Å². The van der Waals surface area contributed by atoms with Crippen LogP contribution in [0.4, 0.5) is 0 Å². The summed E-state index contributed by atoms with van der Waals surface area (Å²) in [5.41, 5.74) is 0. The van der Waals surface area contributed by atoms with Crippen LogP contribution < -0.4 is 10.1 Å². The standard InChI is InChI=1S/C15H23NO2/c1-2-13(18-14-7-4-3-5-8-14)11-16-12-15-9-6-10-17-15/h3-5,7-8,13,15-16H,2,6,9-12H2,1H3. The van der Waals surface area contributed by atoms with Crippen molar-refractivity contribution in [3.05, 3.63) is 30.3 Å². The summed E-state index contributed by atoms with van der Waals surface area (Å²) in [5.74, 6) is 0.947. The van der Waals surface area contributed by atoms with Crippen molar-refractivity contribution in [3.63, 3.8) is 0 Å². The Morgan fingerprint density at radius 1 is 1.39 bits per heavy atom. The van der Waals surface area contributed by atoms with Crippen LogP contribution in [-0.4, -0.2) is 31.9 Å². The number of nitrogens with one attached hydrogen (secondary N) is 1. The zero-order chi connectivity index (χ0) is 12.6. The molecule has 1 aromatic rings. The molecule has 1 saturated heterocycles. The smallest absolute Gasteiger partial charge is 0.119 e. The van der Waals surface area contributed by atoms with Gasteiger partial charge in [-0.1, -0.05) is 25.1 Å². The fourth-order valence-electron chi connectivity index (χ4n) is 2.17. The lowest BCUT2D eigenvalue weighted by Crippen LogP contribution is -2.35. The predicted molar refractivity (Wildman–Crippen MR) is 73.0 cm³/mol. The fraction of sp³-hybridized carbons (Fsp3) is 0.600. The molecule has 18 heavy (non-hydrogen) atoms. The van der Waals surface area contributed by atoms with Crippen molar-refractivity contribution in [2.75, 3.05) is 19.7 Å². The molecule has 0 amide bonds. The molecule has 0 spiro atoms. The monoisotopic (exact) mass is 249 g/mol. The second-order valence-electron chi connectivity index (χ2n) is 4.75. The number of hydrogen-bond donors (Lipinski definition) is 1. The van der Waals surface area contributed by atoms with Gasteiger partial charge in [-0.05, 0) is 31.4 Å². The highest BCUT2D eigenvalue weighted by Crippen LogP contribution is 2.13. The summed E-state index contributed by atoms with van der Waals surface area (Å²) in [6.07, 6.45) is 4.02. The van der Waals surface area contributed by atoms with Crippen LogP contribution in [0.15, 0.2) is 30.3 Å². The Morgan fingerprint density at radius 2 is 2.22 bits per heavy atom.